The molecule has 1 spiro atoms. The van der Waals surface area contributed by atoms with Crippen molar-refractivity contribution in [3.63, 3.8) is 0 Å². The van der Waals surface area contributed by atoms with Crippen molar-refractivity contribution in [2.45, 2.75) is 170 Å². The molecule has 2 aliphatic heterocycles. The van der Waals surface area contributed by atoms with Gasteiger partial charge in [-0.2, -0.15) is 0 Å². The number of hydrogen-bond acceptors (Lipinski definition) is 5. The first-order valence-electron chi connectivity index (χ1n) is 19.1. The van der Waals surface area contributed by atoms with Gasteiger partial charge in [0.2, 0.25) is 0 Å². The summed E-state index contributed by atoms with van der Waals surface area (Å²) in [6, 6.07) is 12.3. The Morgan fingerprint density at radius 2 is 0.796 bits per heavy atom. The minimum absolute atomic E-state index is 0.225. The van der Waals surface area contributed by atoms with Crippen LogP contribution in [0.5, 0.6) is 23.0 Å². The van der Waals surface area contributed by atoms with Crippen LogP contribution in [-0.4, -0.2) is 12.8 Å². The standard InChI is InChI=1S/C45H64F3O5P/c1-39(2,3)29-20-27-19-28-21-30(40(4,5)6)23-33(43(13,14)15)37(28)52-54(49-26-45(46,47)48,51-36(27)32(22-29)42(10,11)12)50-35-25-31(41(7,8)9)24-34(38(35)53-54)44(16,17)18/h20-25H,19,26H2,1-18H3. The Morgan fingerprint density at radius 3 is 1.13 bits per heavy atom. The van der Waals surface area contributed by atoms with Crippen LogP contribution in [-0.2, 0) is 43.4 Å². The molecule has 2 heterocycles. The molecule has 0 aromatic heterocycles. The molecule has 3 aromatic rings. The Kier molecular flexibility index (Phi) is 9.78. The number of rotatable bonds is 2. The molecule has 300 valence electrons. The maximum atomic E-state index is 14.6. The summed E-state index contributed by atoms with van der Waals surface area (Å²) in [5.74, 6) is 1.18. The molecule has 9 heteroatoms. The fraction of sp³-hybridized carbons (Fsp3) is 0.600. The summed E-state index contributed by atoms with van der Waals surface area (Å²) in [5, 5.41) is 0. The van der Waals surface area contributed by atoms with E-state index in [0.29, 0.717) is 17.9 Å². The molecule has 5 rings (SSSR count). The predicted octanol–water partition coefficient (Wildman–Crippen LogP) is 14.0. The minimum atomic E-state index is -5.87. The molecule has 0 bridgehead atoms. The van der Waals surface area contributed by atoms with Gasteiger partial charge in [-0.3, -0.25) is 0 Å². The van der Waals surface area contributed by atoms with E-state index in [4.69, 9.17) is 22.6 Å². The molecule has 0 unspecified atom stereocenters. The van der Waals surface area contributed by atoms with Gasteiger partial charge in [-0.1, -0.05) is 0 Å². The molecule has 0 aliphatic carbocycles. The number of alkyl halides is 3. The van der Waals surface area contributed by atoms with Crippen LogP contribution in [0.4, 0.5) is 13.2 Å². The molecule has 5 nitrogen and oxygen atoms in total. The molecule has 0 atom stereocenters. The molecule has 0 saturated heterocycles. The van der Waals surface area contributed by atoms with E-state index >= 15 is 0 Å². The van der Waals surface area contributed by atoms with Gasteiger partial charge >= 0.3 is 324 Å². The van der Waals surface area contributed by atoms with Crippen LogP contribution >= 0.6 is 7.74 Å². The summed E-state index contributed by atoms with van der Waals surface area (Å²) in [6.07, 6.45) is -4.38. The van der Waals surface area contributed by atoms with Crippen molar-refractivity contribution in [3.8, 4) is 23.0 Å². The zero-order chi connectivity index (χ0) is 41.1. The van der Waals surface area contributed by atoms with Gasteiger partial charge in [0.05, 0.1) is 0 Å². The van der Waals surface area contributed by atoms with Crippen molar-refractivity contribution >= 4 is 7.74 Å². The first kappa shape index (κ1) is 42.2. The summed E-state index contributed by atoms with van der Waals surface area (Å²) < 4.78 is 78.1. The van der Waals surface area contributed by atoms with Crippen LogP contribution in [0.3, 0.4) is 0 Å². The Bertz CT molecular complexity index is 1870. The first-order valence-corrected chi connectivity index (χ1v) is 20.9. The summed E-state index contributed by atoms with van der Waals surface area (Å²) in [6.45, 7) is 36.0. The molecule has 0 fully saturated rings. The third kappa shape index (κ3) is 8.26. The van der Waals surface area contributed by atoms with E-state index < -0.39 is 36.8 Å². The molecule has 0 radical (unpaired) electrons. The number of halogens is 3. The Hall–Kier alpha value is -2.96. The number of hydrogen-bond donors (Lipinski definition) is 0. The Morgan fingerprint density at radius 1 is 0.463 bits per heavy atom. The van der Waals surface area contributed by atoms with E-state index in [1.54, 1.807) is 0 Å². The van der Waals surface area contributed by atoms with E-state index in [9.17, 15) is 13.2 Å². The van der Waals surface area contributed by atoms with Crippen molar-refractivity contribution in [3.05, 3.63) is 80.9 Å². The second kappa shape index (κ2) is 12.5. The number of fused-ring (bicyclic) bond motifs is 3. The normalized spacial score (nSPS) is 18.1. The third-order valence-electron chi connectivity index (χ3n) is 10.2. The van der Waals surface area contributed by atoms with Crippen LogP contribution < -0.4 is 18.1 Å². The van der Waals surface area contributed by atoms with E-state index in [1.165, 1.54) is 0 Å². The molecule has 54 heavy (non-hydrogen) atoms. The van der Waals surface area contributed by atoms with Gasteiger partial charge in [0, 0.05) is 0 Å². The Balaban J connectivity index is 2.02. The van der Waals surface area contributed by atoms with Gasteiger partial charge in [0.1, 0.15) is 0 Å². The maximum absolute atomic E-state index is 14.6. The van der Waals surface area contributed by atoms with E-state index in [2.05, 4.69) is 128 Å². The molecule has 3 aromatic carbocycles. The first-order chi connectivity index (χ1) is 24.0. The topological polar surface area (TPSA) is 46.2 Å². The van der Waals surface area contributed by atoms with Crippen molar-refractivity contribution in [1.29, 1.82) is 0 Å². The molecular formula is C45H64F3O5P. The van der Waals surface area contributed by atoms with Crippen LogP contribution in [0.1, 0.15) is 169 Å². The van der Waals surface area contributed by atoms with E-state index in [0.717, 1.165) is 44.5 Å². The molecule has 0 amide bonds. The second-order valence-electron chi connectivity index (χ2n) is 21.6. The van der Waals surface area contributed by atoms with Crippen molar-refractivity contribution in [2.24, 2.45) is 0 Å². The molecular weight excluding hydrogens is 708 g/mol. The summed E-state index contributed by atoms with van der Waals surface area (Å²) in [5.41, 5.74) is 4.59. The molecule has 2 aliphatic rings. The zero-order valence-corrected chi connectivity index (χ0v) is 36.9. The summed E-state index contributed by atoms with van der Waals surface area (Å²) >= 11 is 0. The number of benzene rings is 3. The van der Waals surface area contributed by atoms with E-state index in [-0.39, 0.29) is 27.7 Å². The van der Waals surface area contributed by atoms with Crippen molar-refractivity contribution in [2.75, 3.05) is 6.61 Å². The fourth-order valence-corrected chi connectivity index (χ4v) is 9.56. The summed E-state index contributed by atoms with van der Waals surface area (Å²) in [7, 11) is -5.87. The predicted molar refractivity (Wildman–Crippen MR) is 216 cm³/mol. The van der Waals surface area contributed by atoms with Crippen molar-refractivity contribution in [1.82, 2.24) is 0 Å². The van der Waals surface area contributed by atoms with Crippen LogP contribution in [0.15, 0.2) is 36.4 Å². The van der Waals surface area contributed by atoms with Gasteiger partial charge in [-0.25, -0.2) is 0 Å². The summed E-state index contributed by atoms with van der Waals surface area (Å²) in [4.78, 5) is 0. The SMILES string of the molecule is CC(C)(C)c1cc2c(c(C(C)(C)C)c1)OP1(OCC(F)(F)F)(Oc3cc(C(C)(C)C)cc(C(C)(C)C)c3O1)Oc1c(cc(C(C)(C)C)cc1C(C)(C)C)C2. The average molecular weight is 773 g/mol. The van der Waals surface area contributed by atoms with Crippen LogP contribution in [0.25, 0.3) is 0 Å². The second-order valence-corrected chi connectivity index (χ2v) is 24.0. The molecule has 0 saturated carbocycles. The Labute approximate surface area is 323 Å². The van der Waals surface area contributed by atoms with Gasteiger partial charge in [-0.05, 0) is 0 Å². The van der Waals surface area contributed by atoms with Gasteiger partial charge < -0.3 is 0 Å². The van der Waals surface area contributed by atoms with Gasteiger partial charge in [0.25, 0.3) is 0 Å². The fourth-order valence-electron chi connectivity index (χ4n) is 6.80. The average Bonchev–Trinajstić information content (AvgIpc) is 3.27. The monoisotopic (exact) mass is 772 g/mol. The van der Waals surface area contributed by atoms with Gasteiger partial charge in [-0.15, -0.1) is 0 Å². The van der Waals surface area contributed by atoms with E-state index in [1.807, 2.05) is 32.9 Å². The van der Waals surface area contributed by atoms with Crippen LogP contribution in [0.2, 0.25) is 0 Å². The van der Waals surface area contributed by atoms with Crippen molar-refractivity contribution < 1.29 is 35.8 Å². The van der Waals surface area contributed by atoms with Gasteiger partial charge in [0.15, 0.2) is 0 Å². The third-order valence-corrected chi connectivity index (χ3v) is 12.7. The van der Waals surface area contributed by atoms with Crippen LogP contribution in [0, 0.1) is 0 Å². The zero-order valence-electron chi connectivity index (χ0n) is 36.0. The quantitative estimate of drug-likeness (QED) is 0.243. The molecule has 0 N–H and O–H groups in total.